The minimum atomic E-state index is -0.266. The highest BCUT2D eigenvalue weighted by Crippen LogP contribution is 2.32. The van der Waals surface area contributed by atoms with Crippen LogP contribution in [0.4, 0.5) is 5.95 Å². The van der Waals surface area contributed by atoms with Gasteiger partial charge in [0.15, 0.2) is 0 Å². The average Bonchev–Trinajstić information content (AvgIpc) is 2.81. The average molecular weight is 422 g/mol. The Balaban J connectivity index is 1.65. The van der Waals surface area contributed by atoms with Crippen LogP contribution < -0.4 is 10.9 Å². The number of piperidine rings is 1. The predicted octanol–water partition coefficient (Wildman–Crippen LogP) is 3.45. The van der Waals surface area contributed by atoms with E-state index in [1.807, 2.05) is 10.8 Å². The third-order valence-corrected chi connectivity index (χ3v) is 6.93. The Kier molecular flexibility index (Phi) is 5.63. The summed E-state index contributed by atoms with van der Waals surface area (Å²) in [6.07, 6.45) is 8.39. The van der Waals surface area contributed by atoms with Gasteiger partial charge in [0.1, 0.15) is 5.65 Å². The fourth-order valence-corrected chi connectivity index (χ4v) is 5.23. The summed E-state index contributed by atoms with van der Waals surface area (Å²) in [6.45, 7) is 3.15. The first-order valence-electron chi connectivity index (χ1n) is 11.6. The van der Waals surface area contributed by atoms with Gasteiger partial charge in [-0.15, -0.1) is 0 Å². The number of nitrogens with zero attached hydrogens (tertiary/aromatic N) is 4. The number of aromatic nitrogens is 3. The van der Waals surface area contributed by atoms with Gasteiger partial charge in [-0.05, 0) is 68.6 Å². The van der Waals surface area contributed by atoms with Gasteiger partial charge in [0.2, 0.25) is 5.95 Å². The Morgan fingerprint density at radius 2 is 1.84 bits per heavy atom. The maximum atomic E-state index is 13.8. The minimum absolute atomic E-state index is 0.0186. The molecule has 2 N–H and O–H groups in total. The molecule has 2 aromatic heterocycles. The number of anilines is 1. The van der Waals surface area contributed by atoms with Gasteiger partial charge < -0.3 is 10.4 Å². The van der Waals surface area contributed by atoms with Gasteiger partial charge in [-0.3, -0.25) is 14.3 Å². The van der Waals surface area contributed by atoms with Crippen LogP contribution in [-0.2, 0) is 6.54 Å². The predicted molar refractivity (Wildman–Crippen MR) is 123 cm³/mol. The molecule has 1 saturated heterocycles. The number of pyridine rings is 1. The Morgan fingerprint density at radius 1 is 1.06 bits per heavy atom. The molecule has 2 fully saturated rings. The van der Waals surface area contributed by atoms with Crippen molar-refractivity contribution in [1.29, 1.82) is 0 Å². The zero-order valence-electron chi connectivity index (χ0n) is 18.2. The quantitative estimate of drug-likeness (QED) is 0.628. The normalized spacial score (nSPS) is 22.8. The maximum Gasteiger partial charge on any atom is 0.260 e. The SMILES string of the molecule is CNc1ncc2c3ccc(CN4CCCCC4)cc3c(=O)n(C3CCC(O)CC3)c2n1. The molecule has 0 amide bonds. The van der Waals surface area contributed by atoms with E-state index in [4.69, 9.17) is 0 Å². The number of fused-ring (bicyclic) bond motifs is 3. The van der Waals surface area contributed by atoms with Gasteiger partial charge in [0.25, 0.3) is 5.56 Å². The monoisotopic (exact) mass is 421 g/mol. The van der Waals surface area contributed by atoms with Crippen LogP contribution in [0.25, 0.3) is 21.8 Å². The lowest BCUT2D eigenvalue weighted by Gasteiger charge is -2.28. The molecule has 0 atom stereocenters. The summed E-state index contributed by atoms with van der Waals surface area (Å²) in [5.41, 5.74) is 1.89. The van der Waals surface area contributed by atoms with Gasteiger partial charge in [0, 0.05) is 36.6 Å². The number of likely N-dealkylation sites (tertiary alicyclic amines) is 1. The van der Waals surface area contributed by atoms with Gasteiger partial charge in [-0.2, -0.15) is 4.98 Å². The van der Waals surface area contributed by atoms with E-state index in [1.54, 1.807) is 7.05 Å². The number of aliphatic hydroxyl groups is 1. The molecule has 1 aromatic carbocycles. The van der Waals surface area contributed by atoms with E-state index in [-0.39, 0.29) is 17.7 Å². The van der Waals surface area contributed by atoms with E-state index in [9.17, 15) is 9.90 Å². The van der Waals surface area contributed by atoms with Crippen LogP contribution in [0.1, 0.15) is 56.6 Å². The number of aliphatic hydroxyl groups excluding tert-OH is 1. The van der Waals surface area contributed by atoms with E-state index >= 15 is 0 Å². The molecule has 0 bridgehead atoms. The van der Waals surface area contributed by atoms with Crippen molar-refractivity contribution in [3.8, 4) is 0 Å². The molecule has 0 unspecified atom stereocenters. The highest BCUT2D eigenvalue weighted by molar-refractivity contribution is 6.04. The van der Waals surface area contributed by atoms with Gasteiger partial charge in [0.05, 0.1) is 6.10 Å². The van der Waals surface area contributed by atoms with Crippen LogP contribution in [0.2, 0.25) is 0 Å². The van der Waals surface area contributed by atoms with Gasteiger partial charge in [-0.1, -0.05) is 18.6 Å². The molecule has 2 aliphatic rings. The Labute approximate surface area is 182 Å². The second-order valence-electron chi connectivity index (χ2n) is 9.04. The topological polar surface area (TPSA) is 83.3 Å². The molecular weight excluding hydrogens is 390 g/mol. The van der Waals surface area contributed by atoms with Crippen molar-refractivity contribution in [3.63, 3.8) is 0 Å². The number of rotatable bonds is 4. The first kappa shape index (κ1) is 20.4. The summed E-state index contributed by atoms with van der Waals surface area (Å²) < 4.78 is 1.87. The van der Waals surface area contributed by atoms with Crippen molar-refractivity contribution in [2.45, 2.75) is 63.6 Å². The van der Waals surface area contributed by atoms with E-state index in [0.29, 0.717) is 11.6 Å². The van der Waals surface area contributed by atoms with Crippen molar-refractivity contribution in [2.75, 3.05) is 25.5 Å². The van der Waals surface area contributed by atoms with E-state index in [0.717, 1.165) is 61.5 Å². The van der Waals surface area contributed by atoms with Crippen LogP contribution in [-0.4, -0.2) is 50.8 Å². The van der Waals surface area contributed by atoms with Crippen molar-refractivity contribution in [2.24, 2.45) is 0 Å². The lowest BCUT2D eigenvalue weighted by Crippen LogP contribution is -2.31. The van der Waals surface area contributed by atoms with Crippen LogP contribution >= 0.6 is 0 Å². The minimum Gasteiger partial charge on any atom is -0.393 e. The third kappa shape index (κ3) is 3.92. The molecule has 5 rings (SSSR count). The summed E-state index contributed by atoms with van der Waals surface area (Å²) in [4.78, 5) is 25.4. The maximum absolute atomic E-state index is 13.8. The van der Waals surface area contributed by atoms with E-state index in [1.165, 1.54) is 24.8 Å². The third-order valence-electron chi connectivity index (χ3n) is 6.93. The summed E-state index contributed by atoms with van der Waals surface area (Å²) in [5.74, 6) is 0.512. The second-order valence-corrected chi connectivity index (χ2v) is 9.04. The molecular formula is C24H31N5O2. The summed E-state index contributed by atoms with van der Waals surface area (Å²) >= 11 is 0. The molecule has 1 saturated carbocycles. The van der Waals surface area contributed by atoms with Gasteiger partial charge in [-0.25, -0.2) is 4.98 Å². The van der Waals surface area contributed by atoms with Crippen molar-refractivity contribution < 1.29 is 5.11 Å². The summed E-state index contributed by atoms with van der Waals surface area (Å²) in [7, 11) is 1.79. The van der Waals surface area contributed by atoms with Crippen LogP contribution in [0.15, 0.2) is 29.2 Å². The molecule has 3 heterocycles. The fourth-order valence-electron chi connectivity index (χ4n) is 5.23. The Bertz CT molecular complexity index is 1140. The highest BCUT2D eigenvalue weighted by atomic mass is 16.3. The van der Waals surface area contributed by atoms with Crippen molar-refractivity contribution >= 4 is 27.8 Å². The molecule has 31 heavy (non-hydrogen) atoms. The molecule has 0 radical (unpaired) electrons. The molecule has 0 spiro atoms. The number of benzene rings is 1. The second kappa shape index (κ2) is 8.55. The summed E-state index contributed by atoms with van der Waals surface area (Å²) in [6, 6.07) is 6.33. The van der Waals surface area contributed by atoms with Crippen molar-refractivity contribution in [3.05, 3.63) is 40.3 Å². The number of nitrogens with one attached hydrogen (secondary N) is 1. The largest absolute Gasteiger partial charge is 0.393 e. The number of hydrogen-bond donors (Lipinski definition) is 2. The molecule has 1 aliphatic heterocycles. The Morgan fingerprint density at radius 3 is 2.58 bits per heavy atom. The summed E-state index contributed by atoms with van der Waals surface area (Å²) in [5, 5.41) is 15.5. The van der Waals surface area contributed by atoms with Crippen LogP contribution in [0, 0.1) is 0 Å². The Hall–Kier alpha value is -2.51. The smallest absolute Gasteiger partial charge is 0.260 e. The molecule has 164 valence electrons. The zero-order valence-corrected chi connectivity index (χ0v) is 18.2. The molecule has 7 nitrogen and oxygen atoms in total. The standard InChI is InChI=1S/C24H31N5O2/c1-25-24-26-14-21-19-10-5-16(15-28-11-3-2-4-12-28)13-20(19)23(31)29(22(21)27-24)17-6-8-18(30)9-7-17/h5,10,13-14,17-18,30H,2-4,6-9,11-12,15H2,1H3,(H,25,26,27). The number of hydrogen-bond acceptors (Lipinski definition) is 6. The molecule has 3 aromatic rings. The van der Waals surface area contributed by atoms with E-state index in [2.05, 4.69) is 38.4 Å². The first-order valence-corrected chi connectivity index (χ1v) is 11.6. The van der Waals surface area contributed by atoms with Crippen molar-refractivity contribution in [1.82, 2.24) is 19.4 Å². The lowest BCUT2D eigenvalue weighted by molar-refractivity contribution is 0.111. The van der Waals surface area contributed by atoms with Gasteiger partial charge >= 0.3 is 0 Å². The highest BCUT2D eigenvalue weighted by Gasteiger charge is 2.25. The van der Waals surface area contributed by atoms with E-state index < -0.39 is 0 Å². The zero-order chi connectivity index (χ0) is 21.4. The molecule has 7 heteroatoms. The lowest BCUT2D eigenvalue weighted by atomic mass is 9.92. The van der Waals surface area contributed by atoms with Crippen LogP contribution in [0.3, 0.4) is 0 Å². The fraction of sp³-hybridized carbons (Fsp3) is 0.542. The van der Waals surface area contributed by atoms with Crippen LogP contribution in [0.5, 0.6) is 0 Å². The molecule has 1 aliphatic carbocycles. The first-order chi connectivity index (χ1) is 15.1.